The van der Waals surface area contributed by atoms with Crippen LogP contribution < -0.4 is 4.39 Å². The fourth-order valence-corrected chi connectivity index (χ4v) is 4.10. The third-order valence-electron chi connectivity index (χ3n) is 1.43. The average molecular weight is 248 g/mol. The van der Waals surface area contributed by atoms with Crippen molar-refractivity contribution in [1.29, 1.82) is 0 Å². The fraction of sp³-hybridized carbons (Fsp3) is 0.333. The van der Waals surface area contributed by atoms with Crippen LogP contribution in [0.5, 0.6) is 0 Å². The highest BCUT2D eigenvalue weighted by Gasteiger charge is 2.16. The van der Waals surface area contributed by atoms with Gasteiger partial charge in [-0.05, 0) is 24.3 Å². The molecule has 14 heavy (non-hydrogen) atoms. The zero-order valence-electron chi connectivity index (χ0n) is 8.50. The van der Waals surface area contributed by atoms with Crippen molar-refractivity contribution in [2.45, 2.75) is 24.5 Å². The van der Waals surface area contributed by atoms with E-state index in [0.717, 1.165) is 4.90 Å². The van der Waals surface area contributed by atoms with Crippen LogP contribution in [0.25, 0.3) is 0 Å². The molecule has 1 unspecified atom stereocenters. The number of hydrogen-bond donors (Lipinski definition) is 1. The highest BCUT2D eigenvalue weighted by molar-refractivity contribution is 7.84. The van der Waals surface area contributed by atoms with Crippen LogP contribution in [0.15, 0.2) is 29.2 Å². The van der Waals surface area contributed by atoms with E-state index in [1.807, 2.05) is 0 Å². The molecule has 0 saturated carbocycles. The van der Waals surface area contributed by atoms with Crippen LogP contribution in [-0.4, -0.2) is 12.4 Å². The number of benzene rings is 1. The summed E-state index contributed by atoms with van der Waals surface area (Å²) in [6.07, 6.45) is 0. The van der Waals surface area contributed by atoms with Crippen molar-refractivity contribution in [3.8, 4) is 0 Å². The molecular weight excluding hydrogens is 234 g/mol. The molecule has 0 bridgehead atoms. The third-order valence-corrected chi connectivity index (χ3v) is 5.57. The minimum atomic E-state index is -1.50. The molecule has 1 rings (SSSR count). The van der Waals surface area contributed by atoms with Crippen LogP contribution in [0.3, 0.4) is 0 Å². The first kappa shape index (κ1) is 11.9. The second-order valence-electron chi connectivity index (χ2n) is 4.07. The van der Waals surface area contributed by atoms with Gasteiger partial charge in [0, 0.05) is 5.02 Å². The molecule has 0 saturated heterocycles. The summed E-state index contributed by atoms with van der Waals surface area (Å²) in [5.74, 6) is 0. The van der Waals surface area contributed by atoms with Crippen LogP contribution in [0.4, 0.5) is 0 Å². The lowest BCUT2D eigenvalue weighted by atomic mass is 10.4. The minimum Gasteiger partial charge on any atom is -0.256 e. The lowest BCUT2D eigenvalue weighted by molar-refractivity contribution is 0.681. The van der Waals surface area contributed by atoms with Crippen molar-refractivity contribution in [3.63, 3.8) is 0 Å². The number of halogens is 1. The van der Waals surface area contributed by atoms with Crippen LogP contribution >= 0.6 is 11.6 Å². The lowest BCUT2D eigenvalue weighted by Crippen LogP contribution is -2.42. The molecule has 1 aromatic carbocycles. The van der Waals surface area contributed by atoms with Crippen molar-refractivity contribution in [1.82, 2.24) is 4.39 Å². The van der Waals surface area contributed by atoms with Gasteiger partial charge in [0.05, 0.1) is 4.90 Å². The summed E-state index contributed by atoms with van der Waals surface area (Å²) in [5.41, 5.74) is 0. The Labute approximate surface area is 93.3 Å². The normalized spacial score (nSPS) is 14.0. The molecule has 0 spiro atoms. The summed E-state index contributed by atoms with van der Waals surface area (Å²) in [6.45, 7) is 6.34. The van der Waals surface area contributed by atoms with Crippen LogP contribution in [-0.2, 0) is 11.0 Å². The van der Waals surface area contributed by atoms with E-state index >= 15 is 0 Å². The summed E-state index contributed by atoms with van der Waals surface area (Å²) < 4.78 is 14.9. The quantitative estimate of drug-likeness (QED) is 0.818. The van der Waals surface area contributed by atoms with Gasteiger partial charge in [-0.2, -0.15) is 0 Å². The Morgan fingerprint density at radius 2 is 1.71 bits per heavy atom. The highest BCUT2D eigenvalue weighted by Crippen LogP contribution is 2.12. The smallest absolute Gasteiger partial charge is 0.131 e. The Morgan fingerprint density at radius 3 is 2.14 bits per heavy atom. The second-order valence-corrected chi connectivity index (χ2v) is 10.8. The highest BCUT2D eigenvalue weighted by atomic mass is 35.5. The molecule has 0 amide bonds. The predicted molar refractivity (Wildman–Crippen MR) is 64.3 cm³/mol. The Morgan fingerprint density at radius 1 is 1.21 bits per heavy atom. The molecule has 1 N–H and O–H groups in total. The van der Waals surface area contributed by atoms with Gasteiger partial charge in [0.1, 0.15) is 19.2 Å². The molecule has 78 valence electrons. The summed E-state index contributed by atoms with van der Waals surface area (Å²) in [6, 6.07) is 7.07. The van der Waals surface area contributed by atoms with E-state index in [4.69, 9.17) is 11.6 Å². The molecule has 0 fully saturated rings. The van der Waals surface area contributed by atoms with Gasteiger partial charge in [0.25, 0.3) is 0 Å². The fourth-order valence-electron chi connectivity index (χ4n) is 0.895. The SMILES string of the molecule is C[Si](C)(C)NS(=O)c1ccc(Cl)cc1. The maximum Gasteiger partial charge on any atom is 0.131 e. The molecule has 1 atom stereocenters. The van der Waals surface area contributed by atoms with E-state index < -0.39 is 19.2 Å². The van der Waals surface area contributed by atoms with E-state index in [1.165, 1.54) is 0 Å². The molecule has 1 aromatic rings. The van der Waals surface area contributed by atoms with Gasteiger partial charge < -0.3 is 0 Å². The first-order chi connectivity index (χ1) is 6.38. The molecule has 5 heteroatoms. The Hall–Kier alpha value is -0.163. The van der Waals surface area contributed by atoms with E-state index in [9.17, 15) is 4.21 Å². The number of nitrogens with one attached hydrogen (secondary N) is 1. The van der Waals surface area contributed by atoms with Crippen molar-refractivity contribution >= 4 is 30.8 Å². The van der Waals surface area contributed by atoms with Crippen molar-refractivity contribution in [2.24, 2.45) is 0 Å². The zero-order chi connectivity index (χ0) is 10.8. The van der Waals surface area contributed by atoms with Crippen molar-refractivity contribution < 1.29 is 4.21 Å². The standard InChI is InChI=1S/C9H14ClNOSSi/c1-14(2,3)11-13(12)9-6-4-8(10)5-7-9/h4-7,11H,1-3H3. The minimum absolute atomic E-state index is 0.666. The van der Waals surface area contributed by atoms with Gasteiger partial charge >= 0.3 is 0 Å². The van der Waals surface area contributed by atoms with E-state index in [1.54, 1.807) is 24.3 Å². The van der Waals surface area contributed by atoms with Crippen molar-refractivity contribution in [3.05, 3.63) is 29.3 Å². The molecule has 0 aliphatic heterocycles. The van der Waals surface area contributed by atoms with E-state index in [2.05, 4.69) is 24.0 Å². The van der Waals surface area contributed by atoms with Gasteiger partial charge in [-0.15, -0.1) is 0 Å². The van der Waals surface area contributed by atoms with Crippen LogP contribution in [0, 0.1) is 0 Å². The third kappa shape index (κ3) is 3.92. The zero-order valence-corrected chi connectivity index (χ0v) is 11.1. The van der Waals surface area contributed by atoms with Gasteiger partial charge in [-0.1, -0.05) is 31.2 Å². The predicted octanol–water partition coefficient (Wildman–Crippen LogP) is 2.79. The number of hydrogen-bond acceptors (Lipinski definition) is 1. The maximum atomic E-state index is 11.8. The van der Waals surface area contributed by atoms with Crippen LogP contribution in [0.2, 0.25) is 24.7 Å². The molecular formula is C9H14ClNOSSi. The molecule has 0 aliphatic rings. The van der Waals surface area contributed by atoms with Gasteiger partial charge in [0.15, 0.2) is 0 Å². The van der Waals surface area contributed by atoms with Gasteiger partial charge in [0.2, 0.25) is 0 Å². The maximum absolute atomic E-state index is 11.8. The molecule has 2 nitrogen and oxygen atoms in total. The first-order valence-corrected chi connectivity index (χ1v) is 9.36. The summed E-state index contributed by atoms with van der Waals surface area (Å²) in [4.78, 5) is 0.775. The van der Waals surface area contributed by atoms with E-state index in [0.29, 0.717) is 5.02 Å². The van der Waals surface area contributed by atoms with Gasteiger partial charge in [-0.3, -0.25) is 4.39 Å². The summed E-state index contributed by atoms with van der Waals surface area (Å²) in [5, 5.41) is 0.666. The molecule has 0 heterocycles. The summed E-state index contributed by atoms with van der Waals surface area (Å²) in [7, 11) is -2.61. The van der Waals surface area contributed by atoms with Crippen LogP contribution in [0.1, 0.15) is 0 Å². The summed E-state index contributed by atoms with van der Waals surface area (Å²) >= 11 is 5.74. The molecule has 0 aliphatic carbocycles. The first-order valence-electron chi connectivity index (χ1n) is 4.34. The van der Waals surface area contributed by atoms with Gasteiger partial charge in [-0.25, -0.2) is 4.21 Å². The number of rotatable bonds is 3. The van der Waals surface area contributed by atoms with E-state index in [-0.39, 0.29) is 0 Å². The second kappa shape index (κ2) is 4.57. The Kier molecular flexibility index (Phi) is 3.89. The Bertz CT molecular complexity index is 334. The monoisotopic (exact) mass is 247 g/mol. The average Bonchev–Trinajstić information content (AvgIpc) is 2.02. The molecule has 0 radical (unpaired) electrons. The van der Waals surface area contributed by atoms with Crippen molar-refractivity contribution in [2.75, 3.05) is 0 Å². The lowest BCUT2D eigenvalue weighted by Gasteiger charge is -2.16. The largest absolute Gasteiger partial charge is 0.256 e. The molecule has 0 aromatic heterocycles. The topological polar surface area (TPSA) is 29.1 Å². The Balaban J connectivity index is 2.76.